The molecule has 60 heavy (non-hydrogen) atoms. The predicted octanol–water partition coefficient (Wildman–Crippen LogP) is 14.8. The van der Waals surface area contributed by atoms with Gasteiger partial charge in [-0.25, -0.2) is 4.98 Å². The van der Waals surface area contributed by atoms with Gasteiger partial charge in [0.05, 0.1) is 0 Å². The molecule has 0 N–H and O–H groups in total. The van der Waals surface area contributed by atoms with Crippen molar-refractivity contribution in [3.8, 4) is 28.4 Å². The summed E-state index contributed by atoms with van der Waals surface area (Å²) in [7, 11) is 0. The molecule has 0 saturated heterocycles. The van der Waals surface area contributed by atoms with Crippen LogP contribution in [0.2, 0.25) is 0 Å². The molecule has 0 bridgehead atoms. The fraction of sp³-hybridized carbons (Fsp3) is 0.222. The summed E-state index contributed by atoms with van der Waals surface area (Å²) in [6, 6.07) is 50.7. The third-order valence-electron chi connectivity index (χ3n) is 11.7. The molecule has 5 nitrogen and oxygen atoms in total. The molecule has 0 atom stereocenters. The molecule has 0 fully saturated rings. The predicted molar refractivity (Wildman–Crippen MR) is 246 cm³/mol. The zero-order valence-electron chi connectivity index (χ0n) is 35.9. The van der Waals surface area contributed by atoms with Crippen molar-refractivity contribution in [1.29, 1.82) is 0 Å². The van der Waals surface area contributed by atoms with E-state index in [-0.39, 0.29) is 26.5 Å². The number of anilines is 4. The number of aromatic nitrogens is 2. The van der Waals surface area contributed by atoms with Crippen molar-refractivity contribution >= 4 is 44.6 Å². The number of ether oxygens (including phenoxy) is 1. The fourth-order valence-electron chi connectivity index (χ4n) is 8.71. The Kier molecular flexibility index (Phi) is 11.0. The van der Waals surface area contributed by atoms with Crippen LogP contribution in [0.25, 0.3) is 38.8 Å². The molecule has 306 valence electrons. The summed E-state index contributed by atoms with van der Waals surface area (Å²) in [4.78, 5) is 9.46. The van der Waals surface area contributed by atoms with E-state index in [1.165, 1.54) is 39.1 Å². The molecule has 0 spiro atoms. The van der Waals surface area contributed by atoms with E-state index in [2.05, 4.69) is 211 Å². The summed E-state index contributed by atoms with van der Waals surface area (Å²) in [5.74, 6) is 2.73. The molecule has 9 rings (SSSR count). The molecule has 2 aromatic heterocycles. The monoisotopic (exact) mass is 966 g/mol. The second-order valence-electron chi connectivity index (χ2n) is 17.5. The van der Waals surface area contributed by atoms with Crippen molar-refractivity contribution in [2.75, 3.05) is 9.80 Å². The van der Waals surface area contributed by atoms with Gasteiger partial charge in [-0.1, -0.05) is 121 Å². The van der Waals surface area contributed by atoms with Gasteiger partial charge in [-0.3, -0.25) is 0 Å². The Labute approximate surface area is 369 Å². The Hall–Kier alpha value is -5.64. The number of hydrogen-bond donors (Lipinski definition) is 0. The topological polar surface area (TPSA) is 33.5 Å². The van der Waals surface area contributed by atoms with Crippen LogP contribution in [0.15, 0.2) is 128 Å². The zero-order valence-corrected chi connectivity index (χ0v) is 38.1. The van der Waals surface area contributed by atoms with E-state index in [0.717, 1.165) is 50.2 Å². The Morgan fingerprint density at radius 3 is 1.98 bits per heavy atom. The SMILES string of the molecule is Cc1cccc(C)c1N1[CH-]N(c2[c-]c(Oc3[c-]c4c(cc3)c3ccccc3n4-c3cc(C(C)(C)C)ccn3)cc(-c3c(C(C)C)cccc3C(C)C)c2)c2ccccc21.[Pt]. The summed E-state index contributed by atoms with van der Waals surface area (Å²) >= 11 is 0. The molecule has 1 aliphatic heterocycles. The largest absolute Gasteiger partial charge is 0.509 e. The van der Waals surface area contributed by atoms with Gasteiger partial charge in [0.25, 0.3) is 0 Å². The minimum atomic E-state index is -0.0281. The van der Waals surface area contributed by atoms with Crippen LogP contribution in [0.1, 0.15) is 88.1 Å². The van der Waals surface area contributed by atoms with Gasteiger partial charge in [0, 0.05) is 61.3 Å². The summed E-state index contributed by atoms with van der Waals surface area (Å²) < 4.78 is 9.17. The quantitative estimate of drug-likeness (QED) is 0.142. The summed E-state index contributed by atoms with van der Waals surface area (Å²) in [6.07, 6.45) is 1.91. The van der Waals surface area contributed by atoms with Crippen molar-refractivity contribution in [2.24, 2.45) is 0 Å². The standard InChI is InChI=1S/C54H51N4O.Pt/c1-34(2)43-19-15-20-44(35(3)4)52(43)38-28-40(56-33-57(49-23-13-12-22-48(49)56)53-36(5)16-14-17-37(53)6)31-42(29-38)59-41-24-25-46-45-18-10-11-21-47(45)58(50(46)32-41)51-30-39(26-27-55-51)54(7,8)9;/h10-30,33-35H,1-9H3;/q-3;. The van der Waals surface area contributed by atoms with E-state index in [1.54, 1.807) is 0 Å². The van der Waals surface area contributed by atoms with Crippen molar-refractivity contribution < 1.29 is 25.8 Å². The number of benzene rings is 6. The first-order chi connectivity index (χ1) is 28.4. The summed E-state index contributed by atoms with van der Waals surface area (Å²) in [5.41, 5.74) is 14.9. The maximum absolute atomic E-state index is 6.95. The maximum Gasteiger partial charge on any atom is 0.135 e. The molecule has 6 heteroatoms. The second-order valence-corrected chi connectivity index (χ2v) is 17.5. The number of rotatable bonds is 8. The normalized spacial score (nSPS) is 12.8. The van der Waals surface area contributed by atoms with Crippen molar-refractivity contribution in [3.05, 3.63) is 174 Å². The molecule has 0 radical (unpaired) electrons. The van der Waals surface area contributed by atoms with Gasteiger partial charge in [-0.05, 0) is 100 Å². The van der Waals surface area contributed by atoms with E-state index in [4.69, 9.17) is 9.72 Å². The van der Waals surface area contributed by atoms with Crippen LogP contribution >= 0.6 is 0 Å². The number of hydrogen-bond acceptors (Lipinski definition) is 4. The molecular weight excluding hydrogens is 916 g/mol. The first kappa shape index (κ1) is 41.1. The Morgan fingerprint density at radius 2 is 1.30 bits per heavy atom. The molecule has 0 saturated carbocycles. The smallest absolute Gasteiger partial charge is 0.135 e. The molecule has 0 unspecified atom stereocenters. The van der Waals surface area contributed by atoms with E-state index in [1.807, 2.05) is 12.3 Å². The maximum atomic E-state index is 6.95. The van der Waals surface area contributed by atoms with Crippen LogP contribution in [0, 0.1) is 32.6 Å². The first-order valence-corrected chi connectivity index (χ1v) is 20.8. The van der Waals surface area contributed by atoms with Gasteiger partial charge in [-0.15, -0.1) is 53.6 Å². The van der Waals surface area contributed by atoms with Gasteiger partial charge >= 0.3 is 0 Å². The number of aryl methyl sites for hydroxylation is 2. The molecule has 0 aliphatic carbocycles. The van der Waals surface area contributed by atoms with Gasteiger partial charge in [0.1, 0.15) is 5.82 Å². The first-order valence-electron chi connectivity index (χ1n) is 20.8. The summed E-state index contributed by atoms with van der Waals surface area (Å²) in [6.45, 7) is 22.4. The van der Waals surface area contributed by atoms with Crippen molar-refractivity contribution in [1.82, 2.24) is 9.55 Å². The third-order valence-corrected chi connectivity index (χ3v) is 11.7. The zero-order chi connectivity index (χ0) is 41.2. The number of para-hydroxylation sites is 4. The van der Waals surface area contributed by atoms with Gasteiger partial charge < -0.3 is 19.1 Å². The van der Waals surface area contributed by atoms with Crippen molar-refractivity contribution in [3.63, 3.8) is 0 Å². The second kappa shape index (κ2) is 16.1. The van der Waals surface area contributed by atoms with Crippen LogP contribution in [0.3, 0.4) is 0 Å². The van der Waals surface area contributed by atoms with Gasteiger partial charge in [-0.2, -0.15) is 6.07 Å². The molecular formula is C54H51N4OPt-3. The average molecular weight is 967 g/mol. The Morgan fingerprint density at radius 1 is 0.650 bits per heavy atom. The minimum absolute atomic E-state index is 0. The van der Waals surface area contributed by atoms with E-state index < -0.39 is 0 Å². The molecule has 1 aliphatic rings. The van der Waals surface area contributed by atoms with Crippen LogP contribution in [-0.4, -0.2) is 9.55 Å². The van der Waals surface area contributed by atoms with Gasteiger partial charge in [0.15, 0.2) is 0 Å². The van der Waals surface area contributed by atoms with E-state index in [0.29, 0.717) is 23.3 Å². The fourth-order valence-corrected chi connectivity index (χ4v) is 8.71. The Bertz CT molecular complexity index is 2840. The molecule has 6 aromatic carbocycles. The molecule has 8 aromatic rings. The van der Waals surface area contributed by atoms with Crippen molar-refractivity contribution in [2.45, 2.75) is 79.6 Å². The van der Waals surface area contributed by atoms with Gasteiger partial charge in [0.2, 0.25) is 0 Å². The minimum Gasteiger partial charge on any atom is -0.509 e. The number of nitrogens with zero attached hydrogens (tertiary/aromatic N) is 4. The average Bonchev–Trinajstić information content (AvgIpc) is 3.76. The van der Waals surface area contributed by atoms with Crippen LogP contribution in [0.4, 0.5) is 22.7 Å². The molecule has 0 amide bonds. The third kappa shape index (κ3) is 7.32. The number of pyridine rings is 1. The van der Waals surface area contributed by atoms with Crippen LogP contribution < -0.4 is 14.5 Å². The van der Waals surface area contributed by atoms with Crippen LogP contribution in [-0.2, 0) is 26.5 Å². The number of fused-ring (bicyclic) bond motifs is 4. The Balaban J connectivity index is 0.00000499. The van der Waals surface area contributed by atoms with Crippen LogP contribution in [0.5, 0.6) is 11.5 Å². The van der Waals surface area contributed by atoms with E-state index >= 15 is 0 Å². The molecule has 3 heterocycles. The summed E-state index contributed by atoms with van der Waals surface area (Å²) in [5, 5.41) is 2.24. The van der Waals surface area contributed by atoms with E-state index in [9.17, 15) is 0 Å².